The van der Waals surface area contributed by atoms with E-state index >= 15 is 0 Å². The second kappa shape index (κ2) is 7.70. The average molecular weight is 223 g/mol. The molecule has 0 aromatic heterocycles. The van der Waals surface area contributed by atoms with Crippen LogP contribution in [-0.4, -0.2) is 24.4 Å². The van der Waals surface area contributed by atoms with E-state index in [-0.39, 0.29) is 6.61 Å². The zero-order valence-corrected chi connectivity index (χ0v) is 9.19. The molecule has 0 aliphatic carbocycles. The van der Waals surface area contributed by atoms with E-state index in [4.69, 9.17) is 9.84 Å². The molecule has 1 aromatic carbocycles. The number of aliphatic hydroxyl groups excluding tert-OH is 1. The van der Waals surface area contributed by atoms with E-state index in [1.54, 1.807) is 12.1 Å². The fourth-order valence-electron chi connectivity index (χ4n) is 1.24. The number of amides is 1. The van der Waals surface area contributed by atoms with E-state index in [2.05, 4.69) is 5.32 Å². The molecule has 0 saturated heterocycles. The van der Waals surface area contributed by atoms with Crippen LogP contribution >= 0.6 is 0 Å². The van der Waals surface area contributed by atoms with Gasteiger partial charge in [0.05, 0.1) is 0 Å². The number of benzene rings is 1. The van der Waals surface area contributed by atoms with Gasteiger partial charge in [-0.25, -0.2) is 4.79 Å². The van der Waals surface area contributed by atoms with Crippen molar-refractivity contribution >= 4 is 6.09 Å². The highest BCUT2D eigenvalue weighted by Gasteiger charge is 2.01. The minimum absolute atomic E-state index is 0.203. The summed E-state index contributed by atoms with van der Waals surface area (Å²) in [6.45, 7) is 0.778. The number of unbranched alkanes of at least 4 members (excludes halogenated alkanes) is 2. The number of carbonyl (C=O) groups is 1. The third kappa shape index (κ3) is 5.36. The number of para-hydroxylation sites is 1. The van der Waals surface area contributed by atoms with Gasteiger partial charge in [0.1, 0.15) is 5.75 Å². The summed E-state index contributed by atoms with van der Waals surface area (Å²) in [4.78, 5) is 11.3. The lowest BCUT2D eigenvalue weighted by Crippen LogP contribution is -2.27. The Labute approximate surface area is 95.2 Å². The Morgan fingerprint density at radius 1 is 1.19 bits per heavy atom. The largest absolute Gasteiger partial charge is 0.412 e. The molecule has 0 fully saturated rings. The Hall–Kier alpha value is -1.55. The first kappa shape index (κ1) is 12.5. The number of aliphatic hydroxyl groups is 1. The van der Waals surface area contributed by atoms with Crippen LogP contribution in [0.3, 0.4) is 0 Å². The second-order valence-electron chi connectivity index (χ2n) is 3.41. The zero-order chi connectivity index (χ0) is 11.6. The number of hydrogen-bond acceptors (Lipinski definition) is 3. The summed E-state index contributed by atoms with van der Waals surface area (Å²) in [5, 5.41) is 11.2. The summed E-state index contributed by atoms with van der Waals surface area (Å²) >= 11 is 0. The maximum Gasteiger partial charge on any atom is 0.412 e. The van der Waals surface area contributed by atoms with Gasteiger partial charge < -0.3 is 15.2 Å². The lowest BCUT2D eigenvalue weighted by Gasteiger charge is -2.05. The summed E-state index contributed by atoms with van der Waals surface area (Å²) < 4.78 is 5.02. The van der Waals surface area contributed by atoms with Crippen molar-refractivity contribution in [3.05, 3.63) is 30.3 Å². The molecule has 0 aliphatic heterocycles. The molecule has 0 heterocycles. The second-order valence-corrected chi connectivity index (χ2v) is 3.41. The molecule has 16 heavy (non-hydrogen) atoms. The quantitative estimate of drug-likeness (QED) is 0.724. The van der Waals surface area contributed by atoms with Crippen LogP contribution in [0.4, 0.5) is 4.79 Å². The first-order chi connectivity index (χ1) is 7.83. The number of rotatable bonds is 6. The molecule has 0 spiro atoms. The first-order valence-corrected chi connectivity index (χ1v) is 5.44. The average Bonchev–Trinajstić information content (AvgIpc) is 2.30. The summed E-state index contributed by atoms with van der Waals surface area (Å²) in [5.74, 6) is 0.537. The number of ether oxygens (including phenoxy) is 1. The van der Waals surface area contributed by atoms with Crippen molar-refractivity contribution < 1.29 is 14.6 Å². The molecule has 0 unspecified atom stereocenters. The number of nitrogens with one attached hydrogen (secondary N) is 1. The van der Waals surface area contributed by atoms with Crippen LogP contribution in [0, 0.1) is 0 Å². The summed E-state index contributed by atoms with van der Waals surface area (Å²) in [5.41, 5.74) is 0. The van der Waals surface area contributed by atoms with Gasteiger partial charge in [0.2, 0.25) is 0 Å². The Morgan fingerprint density at radius 2 is 1.94 bits per heavy atom. The van der Waals surface area contributed by atoms with Gasteiger partial charge in [-0.15, -0.1) is 0 Å². The SMILES string of the molecule is O=C(NCCCCCO)Oc1ccccc1. The van der Waals surface area contributed by atoms with E-state index in [9.17, 15) is 4.79 Å². The number of carbonyl (C=O) groups excluding carboxylic acids is 1. The van der Waals surface area contributed by atoms with Crippen LogP contribution in [0.1, 0.15) is 19.3 Å². The van der Waals surface area contributed by atoms with Crippen molar-refractivity contribution in [1.29, 1.82) is 0 Å². The molecule has 2 N–H and O–H groups in total. The van der Waals surface area contributed by atoms with Crippen LogP contribution in [0.15, 0.2) is 30.3 Å². The molecular formula is C12H17NO3. The molecule has 1 rings (SSSR count). The van der Waals surface area contributed by atoms with Crippen molar-refractivity contribution in [2.24, 2.45) is 0 Å². The van der Waals surface area contributed by atoms with Crippen molar-refractivity contribution in [3.63, 3.8) is 0 Å². The van der Waals surface area contributed by atoms with Crippen LogP contribution in [0.2, 0.25) is 0 Å². The molecule has 0 radical (unpaired) electrons. The molecular weight excluding hydrogens is 206 g/mol. The van der Waals surface area contributed by atoms with Gasteiger partial charge in [-0.3, -0.25) is 0 Å². The van der Waals surface area contributed by atoms with Gasteiger partial charge >= 0.3 is 6.09 Å². The predicted octanol–water partition coefficient (Wildman–Crippen LogP) is 1.94. The van der Waals surface area contributed by atoms with E-state index in [0.717, 1.165) is 19.3 Å². The highest BCUT2D eigenvalue weighted by atomic mass is 16.5. The summed E-state index contributed by atoms with van der Waals surface area (Å²) in [6, 6.07) is 8.93. The van der Waals surface area contributed by atoms with Gasteiger partial charge in [0.15, 0.2) is 0 Å². The monoisotopic (exact) mass is 223 g/mol. The molecule has 0 atom stereocenters. The first-order valence-electron chi connectivity index (χ1n) is 5.44. The smallest absolute Gasteiger partial charge is 0.410 e. The molecule has 0 saturated carbocycles. The Morgan fingerprint density at radius 3 is 2.62 bits per heavy atom. The van der Waals surface area contributed by atoms with Gasteiger partial charge in [-0.1, -0.05) is 18.2 Å². The molecule has 1 aromatic rings. The Bertz CT molecular complexity index is 300. The lowest BCUT2D eigenvalue weighted by molar-refractivity contribution is 0.200. The minimum atomic E-state index is -0.435. The van der Waals surface area contributed by atoms with Gasteiger partial charge in [0.25, 0.3) is 0 Å². The van der Waals surface area contributed by atoms with Crippen LogP contribution < -0.4 is 10.1 Å². The van der Waals surface area contributed by atoms with E-state index in [1.807, 2.05) is 18.2 Å². The summed E-state index contributed by atoms with van der Waals surface area (Å²) in [7, 11) is 0. The van der Waals surface area contributed by atoms with E-state index in [0.29, 0.717) is 12.3 Å². The van der Waals surface area contributed by atoms with Crippen molar-refractivity contribution in [3.8, 4) is 5.75 Å². The standard InChI is InChI=1S/C12H17NO3/c14-10-6-2-5-9-13-12(15)16-11-7-3-1-4-8-11/h1,3-4,7-8,14H,2,5-6,9-10H2,(H,13,15). The molecule has 0 aliphatic rings. The van der Waals surface area contributed by atoms with Crippen molar-refractivity contribution in [2.45, 2.75) is 19.3 Å². The highest BCUT2D eigenvalue weighted by Crippen LogP contribution is 2.07. The fraction of sp³-hybridized carbons (Fsp3) is 0.417. The van der Waals surface area contributed by atoms with Crippen LogP contribution in [-0.2, 0) is 0 Å². The normalized spacial score (nSPS) is 9.81. The van der Waals surface area contributed by atoms with Gasteiger partial charge in [0, 0.05) is 13.2 Å². The molecule has 88 valence electrons. The summed E-state index contributed by atoms with van der Waals surface area (Å²) in [6.07, 6.45) is 2.09. The highest BCUT2D eigenvalue weighted by molar-refractivity contribution is 5.70. The fourth-order valence-corrected chi connectivity index (χ4v) is 1.24. The third-order valence-corrected chi connectivity index (χ3v) is 2.06. The zero-order valence-electron chi connectivity index (χ0n) is 9.19. The van der Waals surface area contributed by atoms with Crippen LogP contribution in [0.25, 0.3) is 0 Å². The van der Waals surface area contributed by atoms with Crippen molar-refractivity contribution in [1.82, 2.24) is 5.32 Å². The van der Waals surface area contributed by atoms with Gasteiger partial charge in [-0.05, 0) is 31.4 Å². The maximum atomic E-state index is 11.3. The molecule has 0 bridgehead atoms. The predicted molar refractivity (Wildman–Crippen MR) is 61.4 cm³/mol. The Balaban J connectivity index is 2.12. The molecule has 4 nitrogen and oxygen atoms in total. The molecule has 4 heteroatoms. The van der Waals surface area contributed by atoms with E-state index in [1.165, 1.54) is 0 Å². The maximum absolute atomic E-state index is 11.3. The third-order valence-electron chi connectivity index (χ3n) is 2.06. The Kier molecular flexibility index (Phi) is 6.03. The molecule has 1 amide bonds. The van der Waals surface area contributed by atoms with E-state index < -0.39 is 6.09 Å². The number of hydrogen-bond donors (Lipinski definition) is 2. The minimum Gasteiger partial charge on any atom is -0.410 e. The van der Waals surface area contributed by atoms with Crippen molar-refractivity contribution in [2.75, 3.05) is 13.2 Å². The van der Waals surface area contributed by atoms with Crippen LogP contribution in [0.5, 0.6) is 5.75 Å². The lowest BCUT2D eigenvalue weighted by atomic mass is 10.2. The topological polar surface area (TPSA) is 58.6 Å². The van der Waals surface area contributed by atoms with Gasteiger partial charge in [-0.2, -0.15) is 0 Å².